The number of allylic oxidation sites excluding steroid dienone is 1. The second-order valence-electron chi connectivity index (χ2n) is 6.74. The van der Waals surface area contributed by atoms with Crippen LogP contribution in [0.15, 0.2) is 46.9 Å². The number of nitrogens with zero attached hydrogens (tertiary/aromatic N) is 4. The average molecular weight is 385 g/mol. The van der Waals surface area contributed by atoms with Crippen molar-refractivity contribution in [2.75, 3.05) is 6.54 Å². The average Bonchev–Trinajstić information content (AvgIpc) is 3.06. The highest BCUT2D eigenvalue weighted by molar-refractivity contribution is 8.00. The molecule has 0 aliphatic rings. The molecule has 0 aliphatic carbocycles. The Hall–Kier alpha value is -2.61. The number of carbonyl (C=O) groups excluding carboxylic acids is 1. The van der Waals surface area contributed by atoms with E-state index in [-0.39, 0.29) is 16.7 Å². The van der Waals surface area contributed by atoms with Crippen molar-refractivity contribution in [2.24, 2.45) is 5.92 Å². The molecule has 2 heterocycles. The van der Waals surface area contributed by atoms with Gasteiger partial charge >= 0.3 is 0 Å². The van der Waals surface area contributed by atoms with Crippen molar-refractivity contribution in [3.8, 4) is 0 Å². The Morgan fingerprint density at radius 1 is 1.30 bits per heavy atom. The summed E-state index contributed by atoms with van der Waals surface area (Å²) in [7, 11) is 0. The summed E-state index contributed by atoms with van der Waals surface area (Å²) in [6, 6.07) is 7.34. The van der Waals surface area contributed by atoms with Crippen molar-refractivity contribution < 1.29 is 4.79 Å². The maximum atomic E-state index is 12.8. The van der Waals surface area contributed by atoms with Gasteiger partial charge in [0.1, 0.15) is 0 Å². The Kier molecular flexibility index (Phi) is 5.65. The molecule has 8 heteroatoms. The van der Waals surface area contributed by atoms with E-state index in [2.05, 4.69) is 35.9 Å². The molecule has 1 atom stereocenters. The predicted molar refractivity (Wildman–Crippen MR) is 108 cm³/mol. The number of thioether (sulfide) groups is 1. The highest BCUT2D eigenvalue weighted by Gasteiger charge is 2.21. The molecule has 1 amide bonds. The van der Waals surface area contributed by atoms with Crippen LogP contribution in [0.2, 0.25) is 0 Å². The lowest BCUT2D eigenvalue weighted by Gasteiger charge is -2.13. The SMILES string of the molecule is C=CCn1c(=O)c2ccccc2n2c(SC(C)C(=O)NCC(C)C)nnc12. The van der Waals surface area contributed by atoms with Gasteiger partial charge in [0, 0.05) is 13.1 Å². The molecule has 0 spiro atoms. The quantitative estimate of drug-likeness (QED) is 0.499. The van der Waals surface area contributed by atoms with E-state index in [9.17, 15) is 9.59 Å². The lowest BCUT2D eigenvalue weighted by molar-refractivity contribution is -0.120. The Labute approximate surface area is 161 Å². The molecule has 0 aliphatic heterocycles. The minimum atomic E-state index is -0.338. The molecule has 2 aromatic heterocycles. The van der Waals surface area contributed by atoms with Crippen molar-refractivity contribution in [1.29, 1.82) is 0 Å². The predicted octanol–water partition coefficient (Wildman–Crippen LogP) is 2.48. The number of fused-ring (bicyclic) bond motifs is 3. The molecule has 0 saturated carbocycles. The Balaban J connectivity index is 2.06. The fourth-order valence-corrected chi connectivity index (χ4v) is 3.64. The maximum Gasteiger partial charge on any atom is 0.263 e. The van der Waals surface area contributed by atoms with Crippen molar-refractivity contribution in [3.63, 3.8) is 0 Å². The lowest BCUT2D eigenvalue weighted by atomic mass is 10.2. The number of aromatic nitrogens is 4. The summed E-state index contributed by atoms with van der Waals surface area (Å²) in [6.07, 6.45) is 1.65. The van der Waals surface area contributed by atoms with Crippen LogP contribution in [0, 0.1) is 5.92 Å². The van der Waals surface area contributed by atoms with E-state index in [1.807, 2.05) is 29.5 Å². The van der Waals surface area contributed by atoms with Crippen molar-refractivity contribution in [1.82, 2.24) is 24.5 Å². The zero-order chi connectivity index (χ0) is 19.6. The van der Waals surface area contributed by atoms with Gasteiger partial charge in [-0.1, -0.05) is 43.8 Å². The molecular formula is C19H23N5O2S. The summed E-state index contributed by atoms with van der Waals surface area (Å²) >= 11 is 1.32. The Morgan fingerprint density at radius 2 is 2.04 bits per heavy atom. The summed E-state index contributed by atoms with van der Waals surface area (Å²) in [5.74, 6) is 0.780. The number of rotatable bonds is 7. The summed E-state index contributed by atoms with van der Waals surface area (Å²) in [6.45, 7) is 10.6. The number of para-hydroxylation sites is 1. The second kappa shape index (κ2) is 7.96. The maximum absolute atomic E-state index is 12.8. The van der Waals surface area contributed by atoms with Crippen LogP contribution in [0.5, 0.6) is 0 Å². The van der Waals surface area contributed by atoms with E-state index in [0.29, 0.717) is 35.3 Å². The van der Waals surface area contributed by atoms with Crippen LogP contribution < -0.4 is 10.9 Å². The summed E-state index contributed by atoms with van der Waals surface area (Å²) in [5, 5.41) is 12.2. The van der Waals surface area contributed by atoms with Crippen LogP contribution >= 0.6 is 11.8 Å². The van der Waals surface area contributed by atoms with Gasteiger partial charge in [-0.05, 0) is 25.0 Å². The van der Waals surface area contributed by atoms with Gasteiger partial charge in [0.25, 0.3) is 5.56 Å². The van der Waals surface area contributed by atoms with E-state index in [1.54, 1.807) is 12.1 Å². The van der Waals surface area contributed by atoms with Crippen molar-refractivity contribution in [3.05, 3.63) is 47.3 Å². The van der Waals surface area contributed by atoms with Crippen molar-refractivity contribution >= 4 is 34.3 Å². The molecule has 0 saturated heterocycles. The van der Waals surface area contributed by atoms with Gasteiger partial charge < -0.3 is 5.32 Å². The fourth-order valence-electron chi connectivity index (χ4n) is 2.76. The van der Waals surface area contributed by atoms with Gasteiger partial charge in [-0.15, -0.1) is 16.8 Å². The molecule has 3 aromatic rings. The van der Waals surface area contributed by atoms with Crippen LogP contribution in [-0.2, 0) is 11.3 Å². The molecule has 1 unspecified atom stereocenters. The molecule has 142 valence electrons. The molecule has 7 nitrogen and oxygen atoms in total. The van der Waals surface area contributed by atoms with E-state index in [4.69, 9.17) is 0 Å². The van der Waals surface area contributed by atoms with Gasteiger partial charge in [-0.2, -0.15) is 0 Å². The summed E-state index contributed by atoms with van der Waals surface area (Å²) in [4.78, 5) is 25.1. The zero-order valence-electron chi connectivity index (χ0n) is 15.7. The van der Waals surface area contributed by atoms with E-state index in [1.165, 1.54) is 16.3 Å². The molecule has 0 radical (unpaired) electrons. The standard InChI is InChI=1S/C19H23N5O2S/c1-5-10-23-17(26)14-8-6-7-9-15(14)24-18(23)21-22-19(24)27-13(4)16(25)20-11-12(2)3/h5-9,12-13H,1,10-11H2,2-4H3,(H,20,25). The van der Waals surface area contributed by atoms with Gasteiger partial charge in [-0.3, -0.25) is 18.6 Å². The first-order valence-corrected chi connectivity index (χ1v) is 9.74. The Morgan fingerprint density at radius 3 is 2.74 bits per heavy atom. The molecule has 27 heavy (non-hydrogen) atoms. The van der Waals surface area contributed by atoms with Gasteiger partial charge in [0.2, 0.25) is 11.7 Å². The minimum absolute atomic E-state index is 0.0471. The number of carbonyl (C=O) groups is 1. The van der Waals surface area contributed by atoms with Crippen LogP contribution in [0.3, 0.4) is 0 Å². The van der Waals surface area contributed by atoms with Crippen LogP contribution in [0.25, 0.3) is 16.7 Å². The van der Waals surface area contributed by atoms with E-state index in [0.717, 1.165) is 5.52 Å². The molecular weight excluding hydrogens is 362 g/mol. The highest BCUT2D eigenvalue weighted by Crippen LogP contribution is 2.25. The number of hydrogen-bond acceptors (Lipinski definition) is 5. The third kappa shape index (κ3) is 3.75. The number of nitrogens with one attached hydrogen (secondary N) is 1. The summed E-state index contributed by atoms with van der Waals surface area (Å²) in [5.41, 5.74) is 0.588. The first-order chi connectivity index (χ1) is 12.9. The van der Waals surface area contributed by atoms with Crippen molar-refractivity contribution in [2.45, 2.75) is 37.7 Å². The smallest absolute Gasteiger partial charge is 0.263 e. The van der Waals surface area contributed by atoms with E-state index >= 15 is 0 Å². The first kappa shape index (κ1) is 19.2. The number of hydrogen-bond donors (Lipinski definition) is 1. The molecule has 0 bridgehead atoms. The van der Waals surface area contributed by atoms with Gasteiger partial charge in [0.15, 0.2) is 5.16 Å². The third-order valence-corrected chi connectivity index (χ3v) is 5.17. The largest absolute Gasteiger partial charge is 0.355 e. The Bertz CT molecular complexity index is 1050. The monoisotopic (exact) mass is 385 g/mol. The molecule has 0 fully saturated rings. The molecule has 3 rings (SSSR count). The lowest BCUT2D eigenvalue weighted by Crippen LogP contribution is -2.33. The normalized spacial score (nSPS) is 12.6. The summed E-state index contributed by atoms with van der Waals surface area (Å²) < 4.78 is 3.37. The number of amides is 1. The minimum Gasteiger partial charge on any atom is -0.355 e. The molecule has 1 N–H and O–H groups in total. The number of benzene rings is 1. The highest BCUT2D eigenvalue weighted by atomic mass is 32.2. The van der Waals surface area contributed by atoms with E-state index < -0.39 is 0 Å². The molecule has 1 aromatic carbocycles. The third-order valence-electron chi connectivity index (χ3n) is 4.13. The van der Waals surface area contributed by atoms with Crippen LogP contribution in [0.1, 0.15) is 20.8 Å². The first-order valence-electron chi connectivity index (χ1n) is 8.86. The fraction of sp³-hybridized carbons (Fsp3) is 0.368. The topological polar surface area (TPSA) is 81.3 Å². The van der Waals surface area contributed by atoms with Crippen LogP contribution in [-0.4, -0.2) is 36.9 Å². The van der Waals surface area contributed by atoms with Crippen LogP contribution in [0.4, 0.5) is 0 Å². The second-order valence-corrected chi connectivity index (χ2v) is 8.05. The zero-order valence-corrected chi connectivity index (χ0v) is 16.5. The van der Waals surface area contributed by atoms with Gasteiger partial charge in [0.05, 0.1) is 16.2 Å². The van der Waals surface area contributed by atoms with Gasteiger partial charge in [-0.25, -0.2) is 0 Å².